The highest BCUT2D eigenvalue weighted by Gasteiger charge is 2.35. The molecule has 0 spiro atoms. The molecule has 3 amide bonds. The number of ether oxygens (including phenoxy) is 2. The molecule has 1 saturated heterocycles. The standard InChI is InChI=1S/C32H37N5O5/c1-2-3-29(31(39)36-20-38)37-17-24-12-22(5-11-28(24)32(37)40)15-34-25-7-9-26(10-8-25)35-16-23-6-4-21(14-33)13-30(23)42-27-18-41-19-27/h4-13,20,27,29,34-35H,2-3,14-19,33H2,1H3,(H,36,38,39). The second-order valence-corrected chi connectivity index (χ2v) is 10.6. The zero-order valence-corrected chi connectivity index (χ0v) is 23.7. The Morgan fingerprint density at radius 2 is 1.76 bits per heavy atom. The van der Waals surface area contributed by atoms with Gasteiger partial charge >= 0.3 is 0 Å². The van der Waals surface area contributed by atoms with E-state index in [4.69, 9.17) is 15.2 Å². The number of anilines is 2. The molecule has 2 aliphatic rings. The molecule has 42 heavy (non-hydrogen) atoms. The summed E-state index contributed by atoms with van der Waals surface area (Å²) in [6.07, 6.45) is 1.66. The fourth-order valence-electron chi connectivity index (χ4n) is 5.17. The van der Waals surface area contributed by atoms with Gasteiger partial charge in [-0.15, -0.1) is 0 Å². The second kappa shape index (κ2) is 13.5. The number of nitrogens with two attached hydrogens (primary N) is 1. The van der Waals surface area contributed by atoms with Crippen LogP contribution in [0, 0.1) is 0 Å². The molecule has 1 fully saturated rings. The third kappa shape index (κ3) is 6.72. The Labute approximate surface area is 245 Å². The minimum Gasteiger partial charge on any atom is -0.485 e. The van der Waals surface area contributed by atoms with Gasteiger partial charge < -0.3 is 30.7 Å². The van der Waals surface area contributed by atoms with Crippen LogP contribution in [-0.4, -0.2) is 48.5 Å². The number of carbonyl (C=O) groups excluding carboxylic acids is 3. The first-order valence-corrected chi connectivity index (χ1v) is 14.3. The zero-order chi connectivity index (χ0) is 29.5. The van der Waals surface area contributed by atoms with Gasteiger partial charge in [-0.05, 0) is 59.5 Å². The first-order valence-electron chi connectivity index (χ1n) is 14.3. The molecule has 220 valence electrons. The predicted molar refractivity (Wildman–Crippen MR) is 160 cm³/mol. The monoisotopic (exact) mass is 571 g/mol. The molecular formula is C32H37N5O5. The lowest BCUT2D eigenvalue weighted by molar-refractivity contribution is -0.129. The molecule has 2 aliphatic heterocycles. The molecule has 0 saturated carbocycles. The molecule has 10 nitrogen and oxygen atoms in total. The van der Waals surface area contributed by atoms with E-state index < -0.39 is 11.9 Å². The van der Waals surface area contributed by atoms with E-state index in [9.17, 15) is 14.4 Å². The van der Waals surface area contributed by atoms with Crippen LogP contribution in [0.15, 0.2) is 60.7 Å². The van der Waals surface area contributed by atoms with Gasteiger partial charge in [0.2, 0.25) is 12.3 Å². The number of nitrogens with one attached hydrogen (secondary N) is 3. The Bertz CT molecular complexity index is 1420. The molecule has 0 aromatic heterocycles. The zero-order valence-electron chi connectivity index (χ0n) is 23.7. The Morgan fingerprint density at radius 3 is 2.40 bits per heavy atom. The van der Waals surface area contributed by atoms with Crippen molar-refractivity contribution >= 4 is 29.6 Å². The van der Waals surface area contributed by atoms with Crippen LogP contribution in [0.2, 0.25) is 0 Å². The minimum atomic E-state index is -0.671. The third-order valence-corrected chi connectivity index (χ3v) is 7.58. The maximum Gasteiger partial charge on any atom is 0.255 e. The highest BCUT2D eigenvalue weighted by atomic mass is 16.6. The Hall–Kier alpha value is -4.41. The summed E-state index contributed by atoms with van der Waals surface area (Å²) in [5.74, 6) is 0.203. The quantitative estimate of drug-likeness (QED) is 0.216. The van der Waals surface area contributed by atoms with Crippen LogP contribution in [0.3, 0.4) is 0 Å². The highest BCUT2D eigenvalue weighted by molar-refractivity contribution is 6.02. The molecule has 5 N–H and O–H groups in total. The van der Waals surface area contributed by atoms with Crippen LogP contribution in [0.25, 0.3) is 0 Å². The van der Waals surface area contributed by atoms with Gasteiger partial charge in [0, 0.05) is 48.7 Å². The van der Waals surface area contributed by atoms with Gasteiger partial charge in [0.25, 0.3) is 5.91 Å². The molecule has 5 rings (SSSR count). The van der Waals surface area contributed by atoms with Gasteiger partial charge in [-0.25, -0.2) is 0 Å². The van der Waals surface area contributed by atoms with E-state index in [1.807, 2.05) is 67.6 Å². The van der Waals surface area contributed by atoms with E-state index in [1.165, 1.54) is 0 Å². The van der Waals surface area contributed by atoms with Crippen molar-refractivity contribution in [3.05, 3.63) is 88.5 Å². The van der Waals surface area contributed by atoms with Crippen molar-refractivity contribution in [1.29, 1.82) is 0 Å². The molecule has 2 heterocycles. The van der Waals surface area contributed by atoms with Crippen LogP contribution in [-0.2, 0) is 40.5 Å². The molecule has 0 aliphatic carbocycles. The molecular weight excluding hydrogens is 534 g/mol. The van der Waals surface area contributed by atoms with Crippen molar-refractivity contribution in [3.63, 3.8) is 0 Å². The number of amides is 3. The third-order valence-electron chi connectivity index (χ3n) is 7.58. The van der Waals surface area contributed by atoms with Crippen molar-refractivity contribution in [1.82, 2.24) is 10.2 Å². The summed E-state index contributed by atoms with van der Waals surface area (Å²) in [6, 6.07) is 19.2. The molecule has 0 bridgehead atoms. The average Bonchev–Trinajstić information content (AvgIpc) is 3.31. The van der Waals surface area contributed by atoms with E-state index in [0.29, 0.717) is 64.2 Å². The topological polar surface area (TPSA) is 135 Å². The lowest BCUT2D eigenvalue weighted by atomic mass is 10.1. The molecule has 0 radical (unpaired) electrons. The van der Waals surface area contributed by atoms with Gasteiger partial charge in [0.05, 0.1) is 13.2 Å². The predicted octanol–water partition coefficient (Wildman–Crippen LogP) is 3.54. The largest absolute Gasteiger partial charge is 0.485 e. The van der Waals surface area contributed by atoms with Crippen molar-refractivity contribution in [3.8, 4) is 5.75 Å². The van der Waals surface area contributed by atoms with Crippen LogP contribution in [0.5, 0.6) is 5.75 Å². The molecule has 3 aromatic carbocycles. The molecule has 10 heteroatoms. The van der Waals surface area contributed by atoms with Crippen LogP contribution in [0.1, 0.15) is 52.4 Å². The van der Waals surface area contributed by atoms with Gasteiger partial charge in [0.15, 0.2) is 0 Å². The smallest absolute Gasteiger partial charge is 0.255 e. The van der Waals surface area contributed by atoms with Gasteiger partial charge in [0.1, 0.15) is 17.9 Å². The number of imide groups is 1. The lowest BCUT2D eigenvalue weighted by Gasteiger charge is -2.28. The average molecular weight is 572 g/mol. The van der Waals surface area contributed by atoms with Crippen molar-refractivity contribution in [2.24, 2.45) is 5.73 Å². The number of fused-ring (bicyclic) bond motifs is 1. The molecule has 1 atom stereocenters. The number of benzene rings is 3. The molecule has 3 aromatic rings. The summed E-state index contributed by atoms with van der Waals surface area (Å²) in [5, 5.41) is 9.10. The highest BCUT2D eigenvalue weighted by Crippen LogP contribution is 2.28. The fourth-order valence-corrected chi connectivity index (χ4v) is 5.17. The van der Waals surface area contributed by atoms with Crippen molar-refractivity contribution in [2.75, 3.05) is 23.8 Å². The maximum absolute atomic E-state index is 13.0. The van der Waals surface area contributed by atoms with E-state index in [-0.39, 0.29) is 12.0 Å². The van der Waals surface area contributed by atoms with Crippen LogP contribution >= 0.6 is 0 Å². The van der Waals surface area contributed by atoms with Crippen LogP contribution in [0.4, 0.5) is 11.4 Å². The van der Waals surface area contributed by atoms with Gasteiger partial charge in [-0.1, -0.05) is 37.6 Å². The number of hydrogen-bond acceptors (Lipinski definition) is 8. The fraction of sp³-hybridized carbons (Fsp3) is 0.344. The minimum absolute atomic E-state index is 0.0834. The summed E-state index contributed by atoms with van der Waals surface area (Å²) in [7, 11) is 0. The van der Waals surface area contributed by atoms with Crippen molar-refractivity contribution < 1.29 is 23.9 Å². The number of hydrogen-bond donors (Lipinski definition) is 4. The van der Waals surface area contributed by atoms with E-state index in [2.05, 4.69) is 16.0 Å². The van der Waals surface area contributed by atoms with E-state index in [1.54, 1.807) is 4.90 Å². The first-order chi connectivity index (χ1) is 20.5. The summed E-state index contributed by atoms with van der Waals surface area (Å²) in [6.45, 7) is 5.16. The van der Waals surface area contributed by atoms with Crippen molar-refractivity contribution in [2.45, 2.75) is 58.1 Å². The summed E-state index contributed by atoms with van der Waals surface area (Å²) in [4.78, 5) is 37.8. The summed E-state index contributed by atoms with van der Waals surface area (Å²) in [5.41, 5.74) is 12.4. The number of rotatable bonds is 14. The maximum atomic E-state index is 13.0. The van der Waals surface area contributed by atoms with Gasteiger partial charge in [-0.2, -0.15) is 0 Å². The summed E-state index contributed by atoms with van der Waals surface area (Å²) < 4.78 is 11.3. The lowest BCUT2D eigenvalue weighted by Crippen LogP contribution is -2.46. The first kappa shape index (κ1) is 29.1. The van der Waals surface area contributed by atoms with E-state index in [0.717, 1.165) is 39.4 Å². The Morgan fingerprint density at radius 1 is 1.05 bits per heavy atom. The van der Waals surface area contributed by atoms with Crippen LogP contribution < -0.4 is 26.4 Å². The Kier molecular flexibility index (Phi) is 9.35. The number of carbonyl (C=O) groups is 3. The molecule has 1 unspecified atom stereocenters. The normalized spacial score (nSPS) is 15.0. The number of nitrogens with zero attached hydrogens (tertiary/aromatic N) is 1. The van der Waals surface area contributed by atoms with Gasteiger partial charge in [-0.3, -0.25) is 19.7 Å². The Balaban J connectivity index is 1.16. The summed E-state index contributed by atoms with van der Waals surface area (Å²) >= 11 is 0. The second-order valence-electron chi connectivity index (χ2n) is 10.6. The SMILES string of the molecule is CCCC(C(=O)NC=O)N1Cc2cc(CNc3ccc(NCc4ccc(CN)cc4OC4COC4)cc3)ccc2C1=O. The van der Waals surface area contributed by atoms with E-state index >= 15 is 0 Å².